The zero-order chi connectivity index (χ0) is 15.8. The minimum absolute atomic E-state index is 0.267. The maximum Gasteiger partial charge on any atom is 0.123 e. The second-order valence-electron chi connectivity index (χ2n) is 5.18. The van der Waals surface area contributed by atoms with E-state index in [0.29, 0.717) is 10.7 Å². The Hall–Kier alpha value is -2.23. The molecule has 0 fully saturated rings. The van der Waals surface area contributed by atoms with Crippen LogP contribution in [0.2, 0.25) is 5.02 Å². The molecule has 4 rings (SSSR count). The number of rotatable bonds is 1. The fourth-order valence-corrected chi connectivity index (χ4v) is 3.79. The van der Waals surface area contributed by atoms with Crippen LogP contribution in [0.3, 0.4) is 0 Å². The summed E-state index contributed by atoms with van der Waals surface area (Å²) in [6.45, 7) is 0. The highest BCUT2D eigenvalue weighted by molar-refractivity contribution is 7.24. The smallest absolute Gasteiger partial charge is 0.123 e. The summed E-state index contributed by atoms with van der Waals surface area (Å²) >= 11 is 7.89. The summed E-state index contributed by atoms with van der Waals surface area (Å²) in [4.78, 5) is 4.76. The van der Waals surface area contributed by atoms with E-state index in [9.17, 15) is 4.39 Å². The Bertz CT molecular complexity index is 1080. The van der Waals surface area contributed by atoms with Crippen LogP contribution in [0.5, 0.6) is 0 Å². The third kappa shape index (κ3) is 2.74. The molecule has 0 saturated heterocycles. The molecule has 1 heterocycles. The largest absolute Gasteiger partial charge is 0.248 e. The fraction of sp³-hybridized carbons (Fsp3) is 0. The van der Waals surface area contributed by atoms with Crippen molar-refractivity contribution in [3.63, 3.8) is 0 Å². The number of nitrogens with zero attached hydrogens (tertiary/aromatic N) is 1. The molecule has 0 spiro atoms. The second kappa shape index (κ2) is 5.76. The lowest BCUT2D eigenvalue weighted by Gasteiger charge is -2.04. The van der Waals surface area contributed by atoms with Crippen molar-refractivity contribution in [2.75, 3.05) is 0 Å². The molecule has 0 saturated carbocycles. The molecule has 0 radical (unpaired) electrons. The van der Waals surface area contributed by atoms with Crippen LogP contribution < -0.4 is 5.36 Å². The van der Waals surface area contributed by atoms with Crippen LogP contribution in [0.25, 0.3) is 20.2 Å². The molecule has 23 heavy (non-hydrogen) atoms. The average Bonchev–Trinajstić information content (AvgIpc) is 2.57. The molecule has 4 aromatic rings. The molecular weight excluding hydrogens is 329 g/mol. The molecule has 0 aliphatic heterocycles. The van der Waals surface area contributed by atoms with Gasteiger partial charge in [0.15, 0.2) is 0 Å². The molecular formula is C19H11ClFNS. The summed E-state index contributed by atoms with van der Waals surface area (Å²) in [6, 6.07) is 20.2. The van der Waals surface area contributed by atoms with Crippen LogP contribution in [0.1, 0.15) is 0 Å². The molecule has 1 nitrogen and oxygen atoms in total. The van der Waals surface area contributed by atoms with Crippen LogP contribution in [-0.2, 0) is 0 Å². The Morgan fingerprint density at radius 1 is 0.826 bits per heavy atom. The maximum atomic E-state index is 13.1. The van der Waals surface area contributed by atoms with Gasteiger partial charge < -0.3 is 0 Å². The topological polar surface area (TPSA) is 12.4 Å². The van der Waals surface area contributed by atoms with Gasteiger partial charge in [0.2, 0.25) is 0 Å². The normalized spacial score (nSPS) is 12.2. The van der Waals surface area contributed by atoms with E-state index in [-0.39, 0.29) is 5.82 Å². The van der Waals surface area contributed by atoms with Crippen molar-refractivity contribution in [2.45, 2.75) is 0 Å². The number of hydrogen-bond acceptors (Lipinski definition) is 2. The standard InChI is InChI=1S/C19H11ClFNS/c20-12-5-10-18-16(11-12)19(15-3-1-2-4-17(15)23-18)22-14-8-6-13(21)7-9-14/h1-11H. The molecule has 112 valence electrons. The molecule has 0 N–H and O–H groups in total. The summed E-state index contributed by atoms with van der Waals surface area (Å²) in [6.07, 6.45) is 0. The number of benzene rings is 3. The van der Waals surface area contributed by atoms with Crippen molar-refractivity contribution >= 4 is 48.8 Å². The van der Waals surface area contributed by atoms with Crippen molar-refractivity contribution in [3.05, 3.63) is 82.9 Å². The molecule has 1 aromatic heterocycles. The first-order valence-electron chi connectivity index (χ1n) is 7.12. The summed E-state index contributed by atoms with van der Waals surface area (Å²) in [5.41, 5.74) is 0.717. The van der Waals surface area contributed by atoms with Gasteiger partial charge in [0.1, 0.15) is 5.82 Å². The van der Waals surface area contributed by atoms with Crippen LogP contribution in [-0.4, -0.2) is 0 Å². The molecule has 0 bridgehead atoms. The van der Waals surface area contributed by atoms with Crippen molar-refractivity contribution in [2.24, 2.45) is 4.99 Å². The Labute approximate surface area is 141 Å². The summed E-state index contributed by atoms with van der Waals surface area (Å²) in [7, 11) is 0. The van der Waals surface area contributed by atoms with Crippen molar-refractivity contribution in [3.8, 4) is 0 Å². The Morgan fingerprint density at radius 3 is 2.39 bits per heavy atom. The lowest BCUT2D eigenvalue weighted by Crippen LogP contribution is -2.03. The van der Waals surface area contributed by atoms with Crippen molar-refractivity contribution in [1.82, 2.24) is 0 Å². The highest BCUT2D eigenvalue weighted by Crippen LogP contribution is 2.27. The Balaban J connectivity index is 2.15. The van der Waals surface area contributed by atoms with Gasteiger partial charge in [-0.15, -0.1) is 11.3 Å². The SMILES string of the molecule is Fc1ccc(N=c2c3ccccc3sc3ccc(Cl)cc23)cc1. The van der Waals surface area contributed by atoms with E-state index in [1.807, 2.05) is 30.3 Å². The van der Waals surface area contributed by atoms with Gasteiger partial charge in [-0.2, -0.15) is 0 Å². The predicted molar refractivity (Wildman–Crippen MR) is 96.0 cm³/mol. The van der Waals surface area contributed by atoms with Gasteiger partial charge in [0.25, 0.3) is 0 Å². The highest BCUT2D eigenvalue weighted by Gasteiger charge is 2.05. The number of halogens is 2. The van der Waals surface area contributed by atoms with Crippen LogP contribution in [0.4, 0.5) is 10.1 Å². The summed E-state index contributed by atoms with van der Waals surface area (Å²) < 4.78 is 15.4. The maximum absolute atomic E-state index is 13.1. The van der Waals surface area contributed by atoms with E-state index in [1.54, 1.807) is 23.5 Å². The minimum atomic E-state index is -0.267. The van der Waals surface area contributed by atoms with E-state index in [1.165, 1.54) is 12.1 Å². The molecule has 3 aromatic carbocycles. The summed E-state index contributed by atoms with van der Waals surface area (Å²) in [5.74, 6) is -0.267. The van der Waals surface area contributed by atoms with Crippen LogP contribution in [0.15, 0.2) is 71.7 Å². The van der Waals surface area contributed by atoms with E-state index in [0.717, 1.165) is 25.5 Å². The molecule has 0 aliphatic rings. The highest BCUT2D eigenvalue weighted by atomic mass is 35.5. The minimum Gasteiger partial charge on any atom is -0.248 e. The van der Waals surface area contributed by atoms with Gasteiger partial charge in [-0.1, -0.05) is 29.8 Å². The second-order valence-corrected chi connectivity index (χ2v) is 6.70. The molecule has 0 unspecified atom stereocenters. The van der Waals surface area contributed by atoms with E-state index < -0.39 is 0 Å². The monoisotopic (exact) mass is 339 g/mol. The van der Waals surface area contributed by atoms with E-state index in [4.69, 9.17) is 16.6 Å². The number of fused-ring (bicyclic) bond motifs is 2. The van der Waals surface area contributed by atoms with Gasteiger partial charge in [-0.25, -0.2) is 9.38 Å². The Kier molecular flexibility index (Phi) is 3.60. The molecule has 0 amide bonds. The van der Waals surface area contributed by atoms with Gasteiger partial charge in [-0.05, 0) is 48.5 Å². The quantitative estimate of drug-likeness (QED) is 0.373. The Morgan fingerprint density at radius 2 is 1.57 bits per heavy atom. The first kappa shape index (κ1) is 14.4. The van der Waals surface area contributed by atoms with Gasteiger partial charge in [0, 0.05) is 25.2 Å². The van der Waals surface area contributed by atoms with Gasteiger partial charge >= 0.3 is 0 Å². The van der Waals surface area contributed by atoms with Crippen molar-refractivity contribution < 1.29 is 4.39 Å². The lowest BCUT2D eigenvalue weighted by atomic mass is 10.1. The zero-order valence-corrected chi connectivity index (χ0v) is 13.5. The van der Waals surface area contributed by atoms with Gasteiger partial charge in [-0.3, -0.25) is 0 Å². The number of hydrogen-bond donors (Lipinski definition) is 0. The lowest BCUT2D eigenvalue weighted by molar-refractivity contribution is 0.628. The van der Waals surface area contributed by atoms with Gasteiger partial charge in [0.05, 0.1) is 11.0 Å². The molecule has 0 aliphatic carbocycles. The van der Waals surface area contributed by atoms with E-state index >= 15 is 0 Å². The molecule has 0 atom stereocenters. The van der Waals surface area contributed by atoms with E-state index in [2.05, 4.69) is 12.1 Å². The third-order valence-corrected chi connectivity index (χ3v) is 5.01. The zero-order valence-electron chi connectivity index (χ0n) is 12.0. The first-order chi connectivity index (χ1) is 11.2. The van der Waals surface area contributed by atoms with Crippen LogP contribution >= 0.6 is 22.9 Å². The van der Waals surface area contributed by atoms with Crippen LogP contribution in [0, 0.1) is 5.82 Å². The van der Waals surface area contributed by atoms with Crippen molar-refractivity contribution in [1.29, 1.82) is 0 Å². The predicted octanol–water partition coefficient (Wildman–Crippen LogP) is 6.08. The molecule has 4 heteroatoms. The average molecular weight is 340 g/mol. The first-order valence-corrected chi connectivity index (χ1v) is 8.31. The third-order valence-electron chi connectivity index (χ3n) is 3.63. The fourth-order valence-electron chi connectivity index (χ4n) is 2.56. The summed E-state index contributed by atoms with van der Waals surface area (Å²) in [5, 5.41) is 3.61.